The largest absolute Gasteiger partial charge is 0.465 e. The van der Waals surface area contributed by atoms with E-state index in [1.54, 1.807) is 0 Å². The first-order chi connectivity index (χ1) is 6.79. The van der Waals surface area contributed by atoms with E-state index in [2.05, 4.69) is 0 Å². The van der Waals surface area contributed by atoms with E-state index in [0.29, 0.717) is 0 Å². The van der Waals surface area contributed by atoms with Crippen molar-refractivity contribution >= 4 is 22.4 Å². The number of anilines is 1. The van der Waals surface area contributed by atoms with Crippen LogP contribution in [0.1, 0.15) is 25.7 Å². The molecule has 0 bridgehead atoms. The van der Waals surface area contributed by atoms with Crippen molar-refractivity contribution in [2.75, 3.05) is 4.90 Å². The lowest BCUT2D eigenvalue weighted by molar-refractivity contribution is 0.199. The van der Waals surface area contributed by atoms with Crippen molar-refractivity contribution in [3.63, 3.8) is 0 Å². The lowest BCUT2D eigenvalue weighted by Crippen LogP contribution is -2.37. The Bertz CT molecular complexity index is 304. The third kappa shape index (κ3) is 1.75. The molecule has 1 aliphatic rings. The molecule has 0 aliphatic heterocycles. The summed E-state index contributed by atoms with van der Waals surface area (Å²) >= 11 is 1.49. The second-order valence-corrected chi connectivity index (χ2v) is 4.47. The van der Waals surface area contributed by atoms with Crippen molar-refractivity contribution in [2.24, 2.45) is 0 Å². The molecule has 3 nitrogen and oxygen atoms in total. The number of thiophene rings is 1. The maximum Gasteiger partial charge on any atom is 0.412 e. The zero-order valence-corrected chi connectivity index (χ0v) is 8.67. The molecule has 76 valence electrons. The van der Waals surface area contributed by atoms with Crippen molar-refractivity contribution in [1.82, 2.24) is 0 Å². The SMILES string of the molecule is O=C(O)N(c1cccs1)C1CCCC1. The standard InChI is InChI=1S/C10H13NO2S/c12-10(13)11(8-4-1-2-5-8)9-6-3-7-14-9/h3,6-8H,1-2,4-5H2,(H,12,13). The Morgan fingerprint density at radius 2 is 2.21 bits per heavy atom. The van der Waals surface area contributed by atoms with Crippen LogP contribution in [0, 0.1) is 0 Å². The molecule has 0 radical (unpaired) electrons. The first kappa shape index (κ1) is 9.52. The first-order valence-electron chi connectivity index (χ1n) is 4.84. The van der Waals surface area contributed by atoms with Gasteiger partial charge in [-0.2, -0.15) is 0 Å². The fourth-order valence-electron chi connectivity index (χ4n) is 2.00. The van der Waals surface area contributed by atoms with Gasteiger partial charge in [0, 0.05) is 6.04 Å². The van der Waals surface area contributed by atoms with E-state index in [0.717, 1.165) is 30.7 Å². The predicted molar refractivity (Wildman–Crippen MR) is 57.1 cm³/mol. The fraction of sp³-hybridized carbons (Fsp3) is 0.500. The van der Waals surface area contributed by atoms with Crippen molar-refractivity contribution in [2.45, 2.75) is 31.7 Å². The van der Waals surface area contributed by atoms with Gasteiger partial charge in [0.05, 0.1) is 0 Å². The van der Waals surface area contributed by atoms with Gasteiger partial charge in [-0.15, -0.1) is 11.3 Å². The number of rotatable bonds is 2. The molecule has 1 aliphatic carbocycles. The van der Waals surface area contributed by atoms with Crippen molar-refractivity contribution in [1.29, 1.82) is 0 Å². The summed E-state index contributed by atoms with van der Waals surface area (Å²) in [5, 5.41) is 11.9. The van der Waals surface area contributed by atoms with E-state index in [9.17, 15) is 4.79 Å². The summed E-state index contributed by atoms with van der Waals surface area (Å²) in [4.78, 5) is 12.6. The normalized spacial score (nSPS) is 17.1. The fourth-order valence-corrected chi connectivity index (χ4v) is 2.79. The third-order valence-electron chi connectivity index (χ3n) is 2.64. The van der Waals surface area contributed by atoms with E-state index in [-0.39, 0.29) is 6.04 Å². The first-order valence-corrected chi connectivity index (χ1v) is 5.72. The van der Waals surface area contributed by atoms with E-state index < -0.39 is 6.09 Å². The highest BCUT2D eigenvalue weighted by molar-refractivity contribution is 7.14. The average molecular weight is 211 g/mol. The molecule has 1 amide bonds. The van der Waals surface area contributed by atoms with Crippen LogP contribution >= 0.6 is 11.3 Å². The van der Waals surface area contributed by atoms with E-state index in [1.807, 2.05) is 17.5 Å². The van der Waals surface area contributed by atoms with Gasteiger partial charge in [-0.05, 0) is 30.4 Å². The Balaban J connectivity index is 2.19. The Kier molecular flexibility index (Phi) is 2.72. The van der Waals surface area contributed by atoms with Crippen LogP contribution in [0.25, 0.3) is 0 Å². The van der Waals surface area contributed by atoms with Crippen molar-refractivity contribution in [3.8, 4) is 0 Å². The molecule has 0 saturated heterocycles. The molecule has 0 unspecified atom stereocenters. The molecular formula is C10H13NO2S. The van der Waals surface area contributed by atoms with E-state index >= 15 is 0 Å². The van der Waals surface area contributed by atoms with Crippen LogP contribution in [0.3, 0.4) is 0 Å². The molecule has 2 rings (SSSR count). The van der Waals surface area contributed by atoms with Crippen LogP contribution in [0.5, 0.6) is 0 Å². The summed E-state index contributed by atoms with van der Waals surface area (Å²) < 4.78 is 0. The molecule has 1 saturated carbocycles. The number of hydrogen-bond donors (Lipinski definition) is 1. The summed E-state index contributed by atoms with van der Waals surface area (Å²) in [6.45, 7) is 0. The number of carboxylic acid groups (broad SMARTS) is 1. The van der Waals surface area contributed by atoms with Gasteiger partial charge in [0.2, 0.25) is 0 Å². The Labute approximate surface area is 87.0 Å². The number of amides is 1. The minimum absolute atomic E-state index is 0.200. The zero-order valence-electron chi connectivity index (χ0n) is 7.85. The summed E-state index contributed by atoms with van der Waals surface area (Å²) in [6.07, 6.45) is 3.49. The van der Waals surface area contributed by atoms with Crippen molar-refractivity contribution in [3.05, 3.63) is 17.5 Å². The molecule has 0 aromatic carbocycles. The highest BCUT2D eigenvalue weighted by Crippen LogP contribution is 2.31. The highest BCUT2D eigenvalue weighted by atomic mass is 32.1. The summed E-state index contributed by atoms with van der Waals surface area (Å²) in [5.74, 6) is 0. The molecule has 1 N–H and O–H groups in total. The van der Waals surface area contributed by atoms with E-state index in [1.165, 1.54) is 16.2 Å². The number of hydrogen-bond acceptors (Lipinski definition) is 2. The Hall–Kier alpha value is -1.03. The number of nitrogens with zero attached hydrogens (tertiary/aromatic N) is 1. The summed E-state index contributed by atoms with van der Waals surface area (Å²) in [7, 11) is 0. The number of carbonyl (C=O) groups is 1. The molecule has 1 aromatic heterocycles. The van der Waals surface area contributed by atoms with Gasteiger partial charge < -0.3 is 5.11 Å². The second-order valence-electron chi connectivity index (χ2n) is 3.54. The van der Waals surface area contributed by atoms with Gasteiger partial charge in [0.15, 0.2) is 0 Å². The smallest absolute Gasteiger partial charge is 0.412 e. The van der Waals surface area contributed by atoms with E-state index in [4.69, 9.17) is 5.11 Å². The van der Waals surface area contributed by atoms with Crippen LogP contribution in [0.4, 0.5) is 9.80 Å². The average Bonchev–Trinajstić information content (AvgIpc) is 2.75. The predicted octanol–water partition coefficient (Wildman–Crippen LogP) is 3.18. The maximum atomic E-state index is 11.1. The van der Waals surface area contributed by atoms with Gasteiger partial charge in [-0.3, -0.25) is 4.90 Å². The molecular weight excluding hydrogens is 198 g/mol. The third-order valence-corrected chi connectivity index (χ3v) is 3.51. The van der Waals surface area contributed by atoms with Crippen LogP contribution in [-0.2, 0) is 0 Å². The quantitative estimate of drug-likeness (QED) is 0.816. The molecule has 1 fully saturated rings. The van der Waals surface area contributed by atoms with Crippen molar-refractivity contribution < 1.29 is 9.90 Å². The lowest BCUT2D eigenvalue weighted by Gasteiger charge is -2.24. The summed E-state index contributed by atoms with van der Waals surface area (Å²) in [5.41, 5.74) is 0. The second kappa shape index (κ2) is 4.00. The van der Waals surface area contributed by atoms with Crippen LogP contribution in [0.15, 0.2) is 17.5 Å². The molecule has 14 heavy (non-hydrogen) atoms. The Morgan fingerprint density at radius 1 is 1.50 bits per heavy atom. The molecule has 0 spiro atoms. The topological polar surface area (TPSA) is 40.5 Å². The van der Waals surface area contributed by atoms with Gasteiger partial charge >= 0.3 is 6.09 Å². The zero-order chi connectivity index (χ0) is 9.97. The lowest BCUT2D eigenvalue weighted by atomic mass is 10.2. The van der Waals surface area contributed by atoms with Gasteiger partial charge in [-0.1, -0.05) is 12.8 Å². The van der Waals surface area contributed by atoms with Gasteiger partial charge in [0.1, 0.15) is 5.00 Å². The monoisotopic (exact) mass is 211 g/mol. The Morgan fingerprint density at radius 3 is 2.71 bits per heavy atom. The molecule has 0 atom stereocenters. The maximum absolute atomic E-state index is 11.1. The highest BCUT2D eigenvalue weighted by Gasteiger charge is 2.28. The van der Waals surface area contributed by atoms with Crippen LogP contribution < -0.4 is 4.90 Å². The molecule has 1 heterocycles. The molecule has 4 heteroatoms. The van der Waals surface area contributed by atoms with Crippen LogP contribution in [0.2, 0.25) is 0 Å². The van der Waals surface area contributed by atoms with Gasteiger partial charge in [0.25, 0.3) is 0 Å². The minimum Gasteiger partial charge on any atom is -0.465 e. The summed E-state index contributed by atoms with van der Waals surface area (Å²) in [6, 6.07) is 3.97. The minimum atomic E-state index is -0.820. The van der Waals surface area contributed by atoms with Crippen LogP contribution in [-0.4, -0.2) is 17.2 Å². The van der Waals surface area contributed by atoms with Gasteiger partial charge in [-0.25, -0.2) is 4.79 Å². The molecule has 1 aromatic rings.